The molecule has 0 aliphatic heterocycles. The molecule has 0 saturated carbocycles. The lowest BCUT2D eigenvalue weighted by Crippen LogP contribution is -2.19. The quantitative estimate of drug-likeness (QED) is 0.365. The normalized spacial score (nSPS) is 10.8. The van der Waals surface area contributed by atoms with E-state index in [2.05, 4.69) is 20.8 Å². The van der Waals surface area contributed by atoms with Crippen LogP contribution in [0.25, 0.3) is 27.6 Å². The largest absolute Gasteiger partial charge is 0.495 e. The molecule has 0 saturated heterocycles. The lowest BCUT2D eigenvalue weighted by Gasteiger charge is -2.12. The van der Waals surface area contributed by atoms with Crippen LogP contribution in [0.4, 0.5) is 16.2 Å². The third-order valence-electron chi connectivity index (χ3n) is 5.02. The number of ether oxygens (including phenoxy) is 1. The summed E-state index contributed by atoms with van der Waals surface area (Å²) in [4.78, 5) is 13.6. The first-order valence-electron chi connectivity index (χ1n) is 10.2. The molecule has 0 fully saturated rings. The second-order valence-electron chi connectivity index (χ2n) is 7.35. The Kier molecular flexibility index (Phi) is 5.45. The number of rotatable bonds is 5. The van der Waals surface area contributed by atoms with Gasteiger partial charge in [-0.3, -0.25) is 0 Å². The molecule has 5 aromatic rings. The summed E-state index contributed by atoms with van der Waals surface area (Å²) in [6.45, 7) is 1.95. The fraction of sp³-hybridized carbons (Fsp3) is 0.0833. The maximum atomic E-state index is 12.6. The predicted octanol–water partition coefficient (Wildman–Crippen LogP) is 5.48. The number of aromatic nitrogens is 4. The summed E-state index contributed by atoms with van der Waals surface area (Å²) in [6.07, 6.45) is 0. The van der Waals surface area contributed by atoms with Gasteiger partial charge in [0.05, 0.1) is 23.4 Å². The predicted molar refractivity (Wildman–Crippen MR) is 130 cm³/mol. The number of fused-ring (bicyclic) bond motifs is 1. The first kappa shape index (κ1) is 20.7. The van der Waals surface area contributed by atoms with E-state index in [4.69, 9.17) is 9.84 Å². The zero-order valence-electron chi connectivity index (χ0n) is 17.9. The van der Waals surface area contributed by atoms with Crippen molar-refractivity contribution in [1.82, 2.24) is 19.8 Å². The monoisotopic (exact) mass is 456 g/mol. The molecule has 0 aliphatic carbocycles. The number of anilines is 2. The van der Waals surface area contributed by atoms with Crippen molar-refractivity contribution in [2.24, 2.45) is 0 Å². The number of carbonyl (C=O) groups is 1. The Hall–Kier alpha value is -4.24. The van der Waals surface area contributed by atoms with Gasteiger partial charge in [-0.1, -0.05) is 24.3 Å². The van der Waals surface area contributed by atoms with Gasteiger partial charge in [0, 0.05) is 11.3 Å². The molecular weight excluding hydrogens is 436 g/mol. The molecule has 2 amide bonds. The van der Waals surface area contributed by atoms with Crippen LogP contribution in [0.5, 0.6) is 5.75 Å². The molecule has 0 unspecified atom stereocenters. The van der Waals surface area contributed by atoms with E-state index in [1.807, 2.05) is 79.0 Å². The number of carbonyl (C=O) groups excluding carboxylic acids is 1. The van der Waals surface area contributed by atoms with E-state index >= 15 is 0 Å². The van der Waals surface area contributed by atoms with Crippen LogP contribution in [-0.4, -0.2) is 33.0 Å². The summed E-state index contributed by atoms with van der Waals surface area (Å²) in [5.41, 5.74) is 4.53. The first-order chi connectivity index (χ1) is 16.1. The van der Waals surface area contributed by atoms with Gasteiger partial charge in [0.15, 0.2) is 11.5 Å². The number of aryl methyl sites for hydroxylation is 1. The van der Waals surface area contributed by atoms with Gasteiger partial charge in [-0.2, -0.15) is 9.61 Å². The van der Waals surface area contributed by atoms with Crippen LogP contribution >= 0.6 is 11.3 Å². The van der Waals surface area contributed by atoms with E-state index in [9.17, 15) is 4.79 Å². The SMILES string of the molecule is COc1ccc(C)cc1NC(=O)Nc1cccc(-c2ccc3nnc(-c4cccs4)n3n2)c1. The fourth-order valence-corrected chi connectivity index (χ4v) is 4.16. The Balaban J connectivity index is 1.39. The molecule has 5 rings (SSSR count). The summed E-state index contributed by atoms with van der Waals surface area (Å²) in [5.74, 6) is 1.29. The zero-order valence-corrected chi connectivity index (χ0v) is 18.8. The Morgan fingerprint density at radius 2 is 1.91 bits per heavy atom. The molecule has 3 heterocycles. The smallest absolute Gasteiger partial charge is 0.323 e. The van der Waals surface area contributed by atoms with Crippen LogP contribution in [0, 0.1) is 6.92 Å². The molecule has 8 nitrogen and oxygen atoms in total. The summed E-state index contributed by atoms with van der Waals surface area (Å²) < 4.78 is 7.06. The highest BCUT2D eigenvalue weighted by molar-refractivity contribution is 7.13. The number of hydrogen-bond acceptors (Lipinski definition) is 6. The standard InChI is InChI=1S/C24H20N6O2S/c1-15-8-10-20(32-2)19(13-15)26-24(31)25-17-6-3-5-16(14-17)18-9-11-22-27-28-23(30(22)29-18)21-7-4-12-33-21/h3-14H,1-2H3,(H2,25,26,31). The van der Waals surface area contributed by atoms with E-state index in [1.165, 1.54) is 0 Å². The van der Waals surface area contributed by atoms with E-state index in [0.717, 1.165) is 21.7 Å². The Morgan fingerprint density at radius 3 is 2.73 bits per heavy atom. The van der Waals surface area contributed by atoms with Crippen molar-refractivity contribution in [3.05, 3.63) is 77.7 Å². The second kappa shape index (κ2) is 8.71. The molecule has 2 N–H and O–H groups in total. The van der Waals surface area contributed by atoms with Gasteiger partial charge in [-0.25, -0.2) is 4.79 Å². The summed E-state index contributed by atoms with van der Waals surface area (Å²) >= 11 is 1.58. The van der Waals surface area contributed by atoms with Crippen LogP contribution in [0.15, 0.2) is 72.1 Å². The average Bonchev–Trinajstić information content (AvgIpc) is 3.48. The Labute approximate surface area is 193 Å². The number of nitrogens with one attached hydrogen (secondary N) is 2. The topological polar surface area (TPSA) is 93.4 Å². The molecule has 0 spiro atoms. The minimum atomic E-state index is -0.363. The minimum absolute atomic E-state index is 0.363. The van der Waals surface area contributed by atoms with Crippen LogP contribution in [0.3, 0.4) is 0 Å². The number of amides is 2. The van der Waals surface area contributed by atoms with Gasteiger partial charge in [0.1, 0.15) is 5.75 Å². The van der Waals surface area contributed by atoms with Crippen molar-refractivity contribution in [2.45, 2.75) is 6.92 Å². The van der Waals surface area contributed by atoms with Gasteiger partial charge < -0.3 is 15.4 Å². The van der Waals surface area contributed by atoms with Gasteiger partial charge in [0.2, 0.25) is 0 Å². The van der Waals surface area contributed by atoms with E-state index in [-0.39, 0.29) is 6.03 Å². The van der Waals surface area contributed by atoms with Crippen molar-refractivity contribution in [3.8, 4) is 27.7 Å². The van der Waals surface area contributed by atoms with Crippen LogP contribution in [0.2, 0.25) is 0 Å². The lowest BCUT2D eigenvalue weighted by molar-refractivity contribution is 0.262. The number of thiophene rings is 1. The molecule has 3 aromatic heterocycles. The Bertz CT molecular complexity index is 1440. The molecule has 2 aromatic carbocycles. The number of urea groups is 1. The molecule has 0 radical (unpaired) electrons. The molecular formula is C24H20N6O2S. The minimum Gasteiger partial charge on any atom is -0.495 e. The van der Waals surface area contributed by atoms with Crippen molar-refractivity contribution >= 4 is 34.4 Å². The fourth-order valence-electron chi connectivity index (χ4n) is 3.46. The number of nitrogens with zero attached hydrogens (tertiary/aromatic N) is 4. The highest BCUT2D eigenvalue weighted by Crippen LogP contribution is 2.27. The Morgan fingerprint density at radius 1 is 1.00 bits per heavy atom. The maximum Gasteiger partial charge on any atom is 0.323 e. The highest BCUT2D eigenvalue weighted by atomic mass is 32.1. The van der Waals surface area contributed by atoms with E-state index < -0.39 is 0 Å². The number of methoxy groups -OCH3 is 1. The summed E-state index contributed by atoms with van der Waals surface area (Å²) in [5, 5.41) is 20.9. The molecule has 33 heavy (non-hydrogen) atoms. The first-order valence-corrected chi connectivity index (χ1v) is 11.1. The van der Waals surface area contributed by atoms with Crippen LogP contribution in [0.1, 0.15) is 5.56 Å². The van der Waals surface area contributed by atoms with Crippen LogP contribution in [-0.2, 0) is 0 Å². The maximum absolute atomic E-state index is 12.6. The third-order valence-corrected chi connectivity index (χ3v) is 5.89. The van der Waals surface area contributed by atoms with Crippen LogP contribution < -0.4 is 15.4 Å². The van der Waals surface area contributed by atoms with E-state index in [0.29, 0.717) is 28.6 Å². The van der Waals surface area contributed by atoms with Gasteiger partial charge in [0.25, 0.3) is 0 Å². The molecule has 9 heteroatoms. The third kappa shape index (κ3) is 4.26. The van der Waals surface area contributed by atoms with Crippen molar-refractivity contribution in [3.63, 3.8) is 0 Å². The van der Waals surface area contributed by atoms with Crippen molar-refractivity contribution < 1.29 is 9.53 Å². The highest BCUT2D eigenvalue weighted by Gasteiger charge is 2.13. The molecule has 0 aliphatic rings. The number of benzene rings is 2. The van der Waals surface area contributed by atoms with E-state index in [1.54, 1.807) is 23.0 Å². The molecule has 164 valence electrons. The lowest BCUT2D eigenvalue weighted by atomic mass is 10.1. The summed E-state index contributed by atoms with van der Waals surface area (Å²) in [7, 11) is 1.57. The molecule has 0 bridgehead atoms. The zero-order chi connectivity index (χ0) is 22.8. The van der Waals surface area contributed by atoms with Crippen molar-refractivity contribution in [1.29, 1.82) is 0 Å². The van der Waals surface area contributed by atoms with Crippen molar-refractivity contribution in [2.75, 3.05) is 17.7 Å². The average molecular weight is 457 g/mol. The van der Waals surface area contributed by atoms with Gasteiger partial charge in [-0.05, 0) is 60.3 Å². The van der Waals surface area contributed by atoms with Gasteiger partial charge >= 0.3 is 6.03 Å². The summed E-state index contributed by atoms with van der Waals surface area (Å²) in [6, 6.07) is 20.5. The number of hydrogen-bond donors (Lipinski definition) is 2. The second-order valence-corrected chi connectivity index (χ2v) is 8.30. The molecule has 0 atom stereocenters. The van der Waals surface area contributed by atoms with Gasteiger partial charge in [-0.15, -0.1) is 21.5 Å².